The third-order valence-corrected chi connectivity index (χ3v) is 4.30. The smallest absolute Gasteiger partial charge is 0.123 e. The minimum absolute atomic E-state index is 0.163. The van der Waals surface area contributed by atoms with Crippen LogP contribution >= 0.6 is 0 Å². The van der Waals surface area contributed by atoms with E-state index < -0.39 is 0 Å². The molecule has 1 fully saturated rings. The Kier molecular flexibility index (Phi) is 3.82. The molecule has 0 aliphatic heterocycles. The highest BCUT2D eigenvalue weighted by Crippen LogP contribution is 2.32. The molecule has 94 valence electrons. The van der Waals surface area contributed by atoms with Gasteiger partial charge in [-0.05, 0) is 49.3 Å². The molecule has 0 bridgehead atoms. The van der Waals surface area contributed by atoms with Crippen molar-refractivity contribution >= 4 is 0 Å². The van der Waals surface area contributed by atoms with Crippen molar-refractivity contribution in [2.45, 2.75) is 45.7 Å². The van der Waals surface area contributed by atoms with E-state index in [2.05, 4.69) is 26.1 Å². The second-order valence-electron chi connectivity index (χ2n) is 5.46. The predicted octanol–water partition coefficient (Wildman–Crippen LogP) is 3.91. The summed E-state index contributed by atoms with van der Waals surface area (Å²) in [6.45, 7) is 6.81. The number of hydrogen-bond donors (Lipinski definition) is 1. The monoisotopic (exact) mass is 235 g/mol. The van der Waals surface area contributed by atoms with Gasteiger partial charge >= 0.3 is 0 Å². The fraction of sp³-hybridized carbons (Fsp3) is 0.600. The Morgan fingerprint density at radius 1 is 1.18 bits per heavy atom. The van der Waals surface area contributed by atoms with Crippen LogP contribution in [-0.2, 0) is 0 Å². The maximum Gasteiger partial charge on any atom is 0.123 e. The lowest BCUT2D eigenvalue weighted by molar-refractivity contribution is 0.347. The van der Waals surface area contributed by atoms with Crippen molar-refractivity contribution in [1.82, 2.24) is 5.32 Å². The Bertz CT molecular complexity index is 360. The molecule has 0 spiro atoms. The minimum atomic E-state index is -0.163. The fourth-order valence-electron chi connectivity index (χ4n) is 2.77. The van der Waals surface area contributed by atoms with Crippen LogP contribution in [0.2, 0.25) is 0 Å². The van der Waals surface area contributed by atoms with Crippen LogP contribution in [0.15, 0.2) is 24.3 Å². The topological polar surface area (TPSA) is 12.0 Å². The van der Waals surface area contributed by atoms with Crippen LogP contribution in [0.25, 0.3) is 0 Å². The molecule has 1 saturated carbocycles. The number of halogens is 1. The summed E-state index contributed by atoms with van der Waals surface area (Å²) < 4.78 is 12.8. The highest BCUT2D eigenvalue weighted by molar-refractivity contribution is 5.19. The zero-order valence-electron chi connectivity index (χ0n) is 10.9. The average Bonchev–Trinajstić information content (AvgIpc) is 2.62. The number of nitrogens with one attached hydrogen (secondary N) is 1. The molecule has 17 heavy (non-hydrogen) atoms. The van der Waals surface area contributed by atoms with Crippen molar-refractivity contribution in [3.05, 3.63) is 35.6 Å². The maximum atomic E-state index is 12.8. The first kappa shape index (κ1) is 12.6. The molecule has 0 saturated heterocycles. The van der Waals surface area contributed by atoms with Crippen molar-refractivity contribution in [3.63, 3.8) is 0 Å². The fourth-order valence-corrected chi connectivity index (χ4v) is 2.77. The summed E-state index contributed by atoms with van der Waals surface area (Å²) in [7, 11) is 0. The molecule has 2 heteroatoms. The molecular formula is C15H22FN. The van der Waals surface area contributed by atoms with E-state index in [1.165, 1.54) is 25.0 Å². The summed E-state index contributed by atoms with van der Waals surface area (Å²) in [6.07, 6.45) is 2.57. The van der Waals surface area contributed by atoms with E-state index in [-0.39, 0.29) is 5.82 Å². The Morgan fingerprint density at radius 2 is 1.82 bits per heavy atom. The Morgan fingerprint density at radius 3 is 2.35 bits per heavy atom. The summed E-state index contributed by atoms with van der Waals surface area (Å²) in [5, 5.41) is 3.67. The second-order valence-corrected chi connectivity index (χ2v) is 5.46. The largest absolute Gasteiger partial charge is 0.307 e. The molecule has 4 atom stereocenters. The summed E-state index contributed by atoms with van der Waals surface area (Å²) in [6, 6.07) is 7.72. The third-order valence-electron chi connectivity index (χ3n) is 4.30. The molecule has 1 N–H and O–H groups in total. The van der Waals surface area contributed by atoms with Gasteiger partial charge in [-0.2, -0.15) is 0 Å². The lowest BCUT2D eigenvalue weighted by Crippen LogP contribution is -2.34. The molecule has 4 unspecified atom stereocenters. The predicted molar refractivity (Wildman–Crippen MR) is 69.3 cm³/mol. The molecule has 0 heterocycles. The first-order valence-electron chi connectivity index (χ1n) is 6.59. The van der Waals surface area contributed by atoms with Crippen molar-refractivity contribution in [2.75, 3.05) is 0 Å². The van der Waals surface area contributed by atoms with Gasteiger partial charge in [-0.15, -0.1) is 0 Å². The van der Waals surface area contributed by atoms with E-state index in [4.69, 9.17) is 0 Å². The van der Waals surface area contributed by atoms with Gasteiger partial charge in [-0.25, -0.2) is 4.39 Å². The molecule has 0 amide bonds. The van der Waals surface area contributed by atoms with E-state index in [9.17, 15) is 4.39 Å². The lowest BCUT2D eigenvalue weighted by Gasteiger charge is -2.24. The maximum absolute atomic E-state index is 12.8. The van der Waals surface area contributed by atoms with E-state index >= 15 is 0 Å². The Labute approximate surface area is 103 Å². The normalized spacial score (nSPS) is 30.5. The van der Waals surface area contributed by atoms with Crippen LogP contribution in [0.4, 0.5) is 4.39 Å². The van der Waals surface area contributed by atoms with Gasteiger partial charge < -0.3 is 5.32 Å². The molecule has 2 rings (SSSR count). The molecule has 0 radical (unpaired) electrons. The van der Waals surface area contributed by atoms with E-state index in [0.717, 1.165) is 17.4 Å². The first-order chi connectivity index (χ1) is 8.08. The zero-order valence-corrected chi connectivity index (χ0v) is 10.9. The zero-order chi connectivity index (χ0) is 12.4. The van der Waals surface area contributed by atoms with Crippen LogP contribution in [0.1, 0.15) is 45.2 Å². The standard InChI is InChI=1S/C15H22FN/c1-10-4-9-15(11(10)2)17-12(3)13-5-7-14(16)8-6-13/h5-8,10-12,15,17H,4,9H2,1-3H3. The van der Waals surface area contributed by atoms with Gasteiger partial charge in [-0.1, -0.05) is 26.0 Å². The summed E-state index contributed by atoms with van der Waals surface area (Å²) >= 11 is 0. The first-order valence-corrected chi connectivity index (χ1v) is 6.59. The van der Waals surface area contributed by atoms with Gasteiger partial charge in [0.05, 0.1) is 0 Å². The van der Waals surface area contributed by atoms with Crippen LogP contribution in [0.5, 0.6) is 0 Å². The molecule has 1 aliphatic carbocycles. The SMILES string of the molecule is CC(NC1CCC(C)C1C)c1ccc(F)cc1. The number of hydrogen-bond acceptors (Lipinski definition) is 1. The summed E-state index contributed by atoms with van der Waals surface area (Å²) in [5.41, 5.74) is 1.16. The Hall–Kier alpha value is -0.890. The number of rotatable bonds is 3. The van der Waals surface area contributed by atoms with Gasteiger partial charge in [0.2, 0.25) is 0 Å². The van der Waals surface area contributed by atoms with Crippen LogP contribution in [-0.4, -0.2) is 6.04 Å². The lowest BCUT2D eigenvalue weighted by atomic mass is 9.96. The van der Waals surface area contributed by atoms with Crippen molar-refractivity contribution in [3.8, 4) is 0 Å². The molecular weight excluding hydrogens is 213 g/mol. The Balaban J connectivity index is 1.97. The summed E-state index contributed by atoms with van der Waals surface area (Å²) in [4.78, 5) is 0. The molecule has 1 nitrogen and oxygen atoms in total. The van der Waals surface area contributed by atoms with E-state index in [0.29, 0.717) is 12.1 Å². The quantitative estimate of drug-likeness (QED) is 0.837. The van der Waals surface area contributed by atoms with Gasteiger partial charge in [-0.3, -0.25) is 0 Å². The molecule has 1 aromatic rings. The van der Waals surface area contributed by atoms with Gasteiger partial charge in [0.15, 0.2) is 0 Å². The van der Waals surface area contributed by atoms with Gasteiger partial charge in [0.25, 0.3) is 0 Å². The van der Waals surface area contributed by atoms with Crippen LogP contribution < -0.4 is 5.32 Å². The average molecular weight is 235 g/mol. The second kappa shape index (κ2) is 5.18. The van der Waals surface area contributed by atoms with E-state index in [1.807, 2.05) is 12.1 Å². The minimum Gasteiger partial charge on any atom is -0.307 e. The molecule has 0 aromatic heterocycles. The van der Waals surface area contributed by atoms with Crippen molar-refractivity contribution < 1.29 is 4.39 Å². The molecule has 1 aromatic carbocycles. The third kappa shape index (κ3) is 2.86. The van der Waals surface area contributed by atoms with Gasteiger partial charge in [0, 0.05) is 12.1 Å². The molecule has 1 aliphatic rings. The van der Waals surface area contributed by atoms with Crippen molar-refractivity contribution in [1.29, 1.82) is 0 Å². The van der Waals surface area contributed by atoms with Gasteiger partial charge in [0.1, 0.15) is 5.82 Å². The van der Waals surface area contributed by atoms with Crippen LogP contribution in [0, 0.1) is 17.7 Å². The van der Waals surface area contributed by atoms with E-state index in [1.54, 1.807) is 0 Å². The number of benzene rings is 1. The summed E-state index contributed by atoms with van der Waals surface area (Å²) in [5.74, 6) is 1.38. The highest BCUT2D eigenvalue weighted by atomic mass is 19.1. The van der Waals surface area contributed by atoms with Crippen LogP contribution in [0.3, 0.4) is 0 Å². The van der Waals surface area contributed by atoms with Crippen molar-refractivity contribution in [2.24, 2.45) is 11.8 Å². The highest BCUT2D eigenvalue weighted by Gasteiger charge is 2.30.